The number of sulfonamides is 1. The minimum atomic E-state index is -4.59. The Hall–Kier alpha value is -3.52. The number of halogens is 5. The van der Waals surface area contributed by atoms with Crippen molar-refractivity contribution in [2.24, 2.45) is 5.92 Å². The van der Waals surface area contributed by atoms with Crippen molar-refractivity contribution < 1.29 is 35.2 Å². The van der Waals surface area contributed by atoms with Crippen molar-refractivity contribution in [2.75, 3.05) is 6.67 Å². The van der Waals surface area contributed by atoms with Crippen molar-refractivity contribution in [2.45, 2.75) is 43.0 Å². The summed E-state index contributed by atoms with van der Waals surface area (Å²) in [5.41, 5.74) is -0.246. The van der Waals surface area contributed by atoms with Crippen LogP contribution in [0.15, 0.2) is 59.9 Å². The molecule has 4 rings (SSSR count). The summed E-state index contributed by atoms with van der Waals surface area (Å²) in [7, 11) is -4.26. The van der Waals surface area contributed by atoms with Gasteiger partial charge in [0, 0.05) is 23.7 Å². The number of amides is 1. The zero-order chi connectivity index (χ0) is 27.7. The zero-order valence-electron chi connectivity index (χ0n) is 19.9. The summed E-state index contributed by atoms with van der Waals surface area (Å²) in [5.74, 6) is -2.29. The largest absolute Gasteiger partial charge is 0.433 e. The summed E-state index contributed by atoms with van der Waals surface area (Å²) in [4.78, 5) is 24.4. The number of nitrogens with one attached hydrogen (secondary N) is 1. The molecule has 0 spiro atoms. The fourth-order valence-corrected chi connectivity index (χ4v) is 6.24. The average Bonchev–Trinajstić information content (AvgIpc) is 3.24. The van der Waals surface area contributed by atoms with Crippen molar-refractivity contribution in [1.29, 1.82) is 0 Å². The number of carbonyl (C=O) groups is 1. The average molecular weight is 556 g/mol. The van der Waals surface area contributed by atoms with E-state index in [1.165, 1.54) is 12.1 Å². The summed E-state index contributed by atoms with van der Waals surface area (Å²) >= 11 is 0. The second-order valence-electron chi connectivity index (χ2n) is 8.78. The quantitative estimate of drug-likeness (QED) is 0.446. The third-order valence-corrected chi connectivity index (χ3v) is 8.18. The minimum Gasteiger partial charge on any atom is -0.349 e. The molecule has 1 fully saturated rings. The first-order chi connectivity index (χ1) is 17.9. The van der Waals surface area contributed by atoms with E-state index < -0.39 is 58.3 Å². The van der Waals surface area contributed by atoms with Gasteiger partial charge in [-0.1, -0.05) is 0 Å². The molecule has 38 heavy (non-hydrogen) atoms. The Morgan fingerprint density at radius 3 is 2.42 bits per heavy atom. The Morgan fingerprint density at radius 1 is 1.11 bits per heavy atom. The van der Waals surface area contributed by atoms with Gasteiger partial charge in [-0.3, -0.25) is 14.2 Å². The molecule has 0 saturated carbocycles. The number of aromatic nitrogens is 3. The van der Waals surface area contributed by atoms with E-state index in [1.807, 2.05) is 0 Å². The summed E-state index contributed by atoms with van der Waals surface area (Å²) < 4.78 is 93.0. The van der Waals surface area contributed by atoms with E-state index >= 15 is 0 Å². The first-order valence-corrected chi connectivity index (χ1v) is 12.8. The standard InChI is InChI=1S/C24H22F5N5O3S/c1-14-8-16(10-25)22(34(14)38(36,37)19-5-3-17(26)4-6-19)23(35)31-12-18-9-20(33-13-32-18)15-2-7-21(30-11-15)24(27,28)29/h2-7,9,11,13-14,16,22H,8,10,12H2,1H3,(H,31,35)/t14-,16-,22+/m1/s1. The van der Waals surface area contributed by atoms with E-state index in [9.17, 15) is 35.2 Å². The molecule has 8 nitrogen and oxygen atoms in total. The van der Waals surface area contributed by atoms with Gasteiger partial charge in [-0.05, 0) is 55.8 Å². The maximum absolute atomic E-state index is 13.9. The molecule has 1 N–H and O–H groups in total. The first kappa shape index (κ1) is 27.5. The van der Waals surface area contributed by atoms with Crippen LogP contribution in [0.3, 0.4) is 0 Å². The topological polar surface area (TPSA) is 105 Å². The van der Waals surface area contributed by atoms with Gasteiger partial charge in [0.2, 0.25) is 15.9 Å². The normalized spacial score (nSPS) is 20.4. The molecule has 0 unspecified atom stereocenters. The zero-order valence-corrected chi connectivity index (χ0v) is 20.7. The van der Waals surface area contributed by atoms with Crippen LogP contribution in [0.1, 0.15) is 24.7 Å². The molecule has 14 heteroatoms. The monoisotopic (exact) mass is 555 g/mol. The van der Waals surface area contributed by atoms with E-state index in [1.54, 1.807) is 6.92 Å². The number of benzene rings is 1. The molecule has 0 radical (unpaired) electrons. The second kappa shape index (κ2) is 10.7. The van der Waals surface area contributed by atoms with E-state index in [0.717, 1.165) is 47.2 Å². The lowest BCUT2D eigenvalue weighted by molar-refractivity contribution is -0.141. The third-order valence-electron chi connectivity index (χ3n) is 6.17. The molecule has 3 aromatic rings. The highest BCUT2D eigenvalue weighted by Gasteiger charge is 2.49. The number of alkyl halides is 4. The van der Waals surface area contributed by atoms with Crippen LogP contribution in [0.25, 0.3) is 11.3 Å². The van der Waals surface area contributed by atoms with Gasteiger partial charge in [0.05, 0.1) is 29.5 Å². The van der Waals surface area contributed by atoms with Gasteiger partial charge in [0.25, 0.3) is 0 Å². The predicted octanol–water partition coefficient (Wildman–Crippen LogP) is 3.75. The van der Waals surface area contributed by atoms with Crippen LogP contribution in [0.5, 0.6) is 0 Å². The highest BCUT2D eigenvalue weighted by Crippen LogP contribution is 2.36. The molecule has 2 aromatic heterocycles. The molecule has 0 bridgehead atoms. The number of rotatable bonds is 7. The lowest BCUT2D eigenvalue weighted by Gasteiger charge is -2.28. The molecule has 202 valence electrons. The smallest absolute Gasteiger partial charge is 0.349 e. The van der Waals surface area contributed by atoms with Gasteiger partial charge >= 0.3 is 6.18 Å². The van der Waals surface area contributed by atoms with E-state index in [0.29, 0.717) is 0 Å². The predicted molar refractivity (Wildman–Crippen MR) is 125 cm³/mol. The second-order valence-corrected chi connectivity index (χ2v) is 10.6. The minimum absolute atomic E-state index is 0.105. The summed E-state index contributed by atoms with van der Waals surface area (Å²) in [6.07, 6.45) is -2.32. The van der Waals surface area contributed by atoms with Crippen LogP contribution in [0.4, 0.5) is 22.0 Å². The van der Waals surface area contributed by atoms with E-state index in [-0.39, 0.29) is 34.8 Å². The molecule has 1 aromatic carbocycles. The Labute approximate surface area is 215 Å². The third kappa shape index (κ3) is 5.65. The van der Waals surface area contributed by atoms with Crippen LogP contribution >= 0.6 is 0 Å². The van der Waals surface area contributed by atoms with Crippen molar-refractivity contribution >= 4 is 15.9 Å². The molecule has 3 heterocycles. The number of hydrogen-bond donors (Lipinski definition) is 1. The molecule has 1 amide bonds. The van der Waals surface area contributed by atoms with Crippen molar-refractivity contribution in [3.8, 4) is 11.3 Å². The SMILES string of the molecule is C[C@@H]1C[C@H](CF)[C@@H](C(=O)NCc2cc(-c3ccc(C(F)(F)F)nc3)ncn2)N1S(=O)(=O)c1ccc(F)cc1. The van der Waals surface area contributed by atoms with Crippen molar-refractivity contribution in [3.05, 3.63) is 72.2 Å². The van der Waals surface area contributed by atoms with Crippen LogP contribution in [0.2, 0.25) is 0 Å². The van der Waals surface area contributed by atoms with E-state index in [2.05, 4.69) is 20.3 Å². The molecular weight excluding hydrogens is 533 g/mol. The lowest BCUT2D eigenvalue weighted by Crippen LogP contribution is -2.50. The number of hydrogen-bond acceptors (Lipinski definition) is 6. The van der Waals surface area contributed by atoms with Crippen molar-refractivity contribution in [1.82, 2.24) is 24.6 Å². The summed E-state index contributed by atoms with van der Waals surface area (Å²) in [6.45, 7) is 0.443. The Morgan fingerprint density at radius 2 is 1.82 bits per heavy atom. The van der Waals surface area contributed by atoms with Gasteiger partial charge in [0.15, 0.2) is 0 Å². The maximum Gasteiger partial charge on any atom is 0.433 e. The van der Waals surface area contributed by atoms with Crippen LogP contribution in [-0.4, -0.2) is 52.3 Å². The molecular formula is C24H22F5N5O3S. The molecule has 1 aliphatic rings. The highest BCUT2D eigenvalue weighted by atomic mass is 32.2. The maximum atomic E-state index is 13.9. The van der Waals surface area contributed by atoms with Crippen molar-refractivity contribution in [3.63, 3.8) is 0 Å². The molecule has 0 aliphatic carbocycles. The van der Waals surface area contributed by atoms with Gasteiger partial charge in [-0.15, -0.1) is 0 Å². The Kier molecular flexibility index (Phi) is 7.74. The fourth-order valence-electron chi connectivity index (χ4n) is 4.39. The van der Waals surface area contributed by atoms with Crippen LogP contribution in [0, 0.1) is 11.7 Å². The number of nitrogens with zero attached hydrogens (tertiary/aromatic N) is 4. The fraction of sp³-hybridized carbons (Fsp3) is 0.333. The molecule has 1 saturated heterocycles. The van der Waals surface area contributed by atoms with Gasteiger partial charge < -0.3 is 5.32 Å². The highest BCUT2D eigenvalue weighted by molar-refractivity contribution is 7.89. The summed E-state index contributed by atoms with van der Waals surface area (Å²) in [6, 6.07) is 5.51. The Bertz CT molecular complexity index is 1400. The van der Waals surface area contributed by atoms with Gasteiger partial charge in [0.1, 0.15) is 23.9 Å². The van der Waals surface area contributed by atoms with Gasteiger partial charge in [-0.2, -0.15) is 17.5 Å². The summed E-state index contributed by atoms with van der Waals surface area (Å²) in [5, 5.41) is 2.57. The molecule has 1 aliphatic heterocycles. The molecule has 3 atom stereocenters. The van der Waals surface area contributed by atoms with Crippen LogP contribution in [-0.2, 0) is 27.5 Å². The first-order valence-electron chi connectivity index (χ1n) is 11.4. The lowest BCUT2D eigenvalue weighted by atomic mass is 10.0. The van der Waals surface area contributed by atoms with Crippen LogP contribution < -0.4 is 5.32 Å². The van der Waals surface area contributed by atoms with E-state index in [4.69, 9.17) is 0 Å². The Balaban J connectivity index is 1.52. The number of carbonyl (C=O) groups excluding carboxylic acids is 1. The van der Waals surface area contributed by atoms with Gasteiger partial charge in [-0.25, -0.2) is 22.8 Å². The number of pyridine rings is 1.